The van der Waals surface area contributed by atoms with Crippen molar-refractivity contribution in [3.8, 4) is 0 Å². The lowest BCUT2D eigenvalue weighted by molar-refractivity contribution is 0.370. The standard InChI is InChI=1S/C18H23NO/c1-2-19-18(13-15-9-6-12-20-15)17-11-5-8-14-7-3-4-10-16(14)17/h3-4,6-7,9-10,12,17-19H,2,5,8,11,13H2,1H3. The maximum atomic E-state index is 5.55. The SMILES string of the molecule is CCNC(Cc1ccco1)C1CCCc2ccccc21. The van der Waals surface area contributed by atoms with Crippen molar-refractivity contribution >= 4 is 0 Å². The van der Waals surface area contributed by atoms with Crippen molar-refractivity contribution in [3.05, 3.63) is 59.5 Å². The van der Waals surface area contributed by atoms with Gasteiger partial charge in [-0.05, 0) is 55.0 Å². The molecule has 2 aromatic rings. The molecule has 2 nitrogen and oxygen atoms in total. The van der Waals surface area contributed by atoms with Gasteiger partial charge in [0.05, 0.1) is 6.26 Å². The van der Waals surface area contributed by atoms with Gasteiger partial charge in [0, 0.05) is 12.5 Å². The number of fused-ring (bicyclic) bond motifs is 1. The molecule has 0 saturated carbocycles. The number of aryl methyl sites for hydroxylation is 1. The Morgan fingerprint density at radius 2 is 2.15 bits per heavy atom. The maximum Gasteiger partial charge on any atom is 0.105 e. The molecule has 2 unspecified atom stereocenters. The van der Waals surface area contributed by atoms with Crippen molar-refractivity contribution in [1.82, 2.24) is 5.32 Å². The molecule has 0 radical (unpaired) electrons. The fourth-order valence-electron chi connectivity index (χ4n) is 3.47. The predicted molar refractivity (Wildman–Crippen MR) is 82.0 cm³/mol. The number of benzene rings is 1. The highest BCUT2D eigenvalue weighted by Crippen LogP contribution is 2.35. The largest absolute Gasteiger partial charge is 0.469 e. The Morgan fingerprint density at radius 1 is 1.25 bits per heavy atom. The number of furan rings is 1. The highest BCUT2D eigenvalue weighted by molar-refractivity contribution is 5.34. The molecule has 1 aromatic carbocycles. The van der Waals surface area contributed by atoms with Gasteiger partial charge in [0.25, 0.3) is 0 Å². The summed E-state index contributed by atoms with van der Waals surface area (Å²) in [7, 11) is 0. The summed E-state index contributed by atoms with van der Waals surface area (Å²) < 4.78 is 5.55. The van der Waals surface area contributed by atoms with E-state index in [9.17, 15) is 0 Å². The third-order valence-electron chi connectivity index (χ3n) is 4.37. The van der Waals surface area contributed by atoms with E-state index in [4.69, 9.17) is 4.42 Å². The van der Waals surface area contributed by atoms with Crippen LogP contribution in [0.15, 0.2) is 47.1 Å². The van der Waals surface area contributed by atoms with Gasteiger partial charge >= 0.3 is 0 Å². The molecule has 0 spiro atoms. The highest BCUT2D eigenvalue weighted by atomic mass is 16.3. The molecular weight excluding hydrogens is 246 g/mol. The Bertz CT molecular complexity index is 532. The lowest BCUT2D eigenvalue weighted by Crippen LogP contribution is -2.38. The zero-order valence-corrected chi connectivity index (χ0v) is 12.1. The average Bonchev–Trinajstić information content (AvgIpc) is 2.99. The normalized spacial score (nSPS) is 19.6. The second kappa shape index (κ2) is 6.27. The molecule has 0 aliphatic heterocycles. The minimum atomic E-state index is 0.465. The van der Waals surface area contributed by atoms with E-state index in [1.807, 2.05) is 6.07 Å². The molecule has 106 valence electrons. The van der Waals surface area contributed by atoms with Crippen LogP contribution in [0.3, 0.4) is 0 Å². The Kier molecular flexibility index (Phi) is 4.22. The van der Waals surface area contributed by atoms with Crippen LogP contribution in [0.1, 0.15) is 42.6 Å². The van der Waals surface area contributed by atoms with E-state index in [-0.39, 0.29) is 0 Å². The van der Waals surface area contributed by atoms with Crippen LogP contribution >= 0.6 is 0 Å². The Hall–Kier alpha value is -1.54. The summed E-state index contributed by atoms with van der Waals surface area (Å²) in [5.74, 6) is 1.68. The molecule has 0 amide bonds. The second-order valence-corrected chi connectivity index (χ2v) is 5.65. The first-order valence-corrected chi connectivity index (χ1v) is 7.72. The average molecular weight is 269 g/mol. The number of hydrogen-bond acceptors (Lipinski definition) is 2. The quantitative estimate of drug-likeness (QED) is 0.890. The van der Waals surface area contributed by atoms with Crippen LogP contribution in [-0.4, -0.2) is 12.6 Å². The third kappa shape index (κ3) is 2.80. The van der Waals surface area contributed by atoms with Gasteiger partial charge in [-0.2, -0.15) is 0 Å². The Labute approximate surface area is 121 Å². The van der Waals surface area contributed by atoms with E-state index in [0.717, 1.165) is 18.7 Å². The summed E-state index contributed by atoms with van der Waals surface area (Å²) in [5, 5.41) is 3.67. The molecule has 0 fully saturated rings. The Balaban J connectivity index is 1.84. The molecule has 2 atom stereocenters. The zero-order valence-electron chi connectivity index (χ0n) is 12.1. The molecule has 1 heterocycles. The van der Waals surface area contributed by atoms with Gasteiger partial charge in [0.1, 0.15) is 5.76 Å². The van der Waals surface area contributed by atoms with Gasteiger partial charge in [-0.1, -0.05) is 31.2 Å². The van der Waals surface area contributed by atoms with Crippen molar-refractivity contribution in [2.45, 2.75) is 44.6 Å². The lowest BCUT2D eigenvalue weighted by atomic mass is 9.77. The summed E-state index contributed by atoms with van der Waals surface area (Å²) in [6, 6.07) is 13.5. The molecule has 1 aliphatic rings. The van der Waals surface area contributed by atoms with Crippen LogP contribution in [-0.2, 0) is 12.8 Å². The molecule has 2 heteroatoms. The van der Waals surface area contributed by atoms with Crippen LogP contribution in [0.25, 0.3) is 0 Å². The highest BCUT2D eigenvalue weighted by Gasteiger charge is 2.27. The van der Waals surface area contributed by atoms with E-state index in [0.29, 0.717) is 12.0 Å². The monoisotopic (exact) mass is 269 g/mol. The summed E-state index contributed by atoms with van der Waals surface area (Å²) in [5.41, 5.74) is 3.07. The summed E-state index contributed by atoms with van der Waals surface area (Å²) in [6.07, 6.45) is 6.54. The predicted octanol–water partition coefficient (Wildman–Crippen LogP) is 3.92. The van der Waals surface area contributed by atoms with Gasteiger partial charge in [0.2, 0.25) is 0 Å². The molecule has 0 saturated heterocycles. The molecule has 1 aliphatic carbocycles. The van der Waals surface area contributed by atoms with Crippen LogP contribution in [0.4, 0.5) is 0 Å². The molecule has 1 N–H and O–H groups in total. The van der Waals surface area contributed by atoms with E-state index in [2.05, 4.69) is 42.6 Å². The molecule has 0 bridgehead atoms. The van der Waals surface area contributed by atoms with Crippen molar-refractivity contribution < 1.29 is 4.42 Å². The van der Waals surface area contributed by atoms with E-state index >= 15 is 0 Å². The van der Waals surface area contributed by atoms with E-state index in [1.165, 1.54) is 30.4 Å². The van der Waals surface area contributed by atoms with Crippen LogP contribution in [0.5, 0.6) is 0 Å². The number of rotatable bonds is 5. The van der Waals surface area contributed by atoms with Gasteiger partial charge in [-0.25, -0.2) is 0 Å². The van der Waals surface area contributed by atoms with Gasteiger partial charge in [-0.3, -0.25) is 0 Å². The second-order valence-electron chi connectivity index (χ2n) is 5.65. The zero-order chi connectivity index (χ0) is 13.8. The molecule has 3 rings (SSSR count). The van der Waals surface area contributed by atoms with Crippen molar-refractivity contribution in [2.75, 3.05) is 6.54 Å². The Morgan fingerprint density at radius 3 is 2.95 bits per heavy atom. The summed E-state index contributed by atoms with van der Waals surface area (Å²) >= 11 is 0. The first-order chi connectivity index (χ1) is 9.88. The van der Waals surface area contributed by atoms with Crippen LogP contribution in [0, 0.1) is 0 Å². The summed E-state index contributed by atoms with van der Waals surface area (Å²) in [4.78, 5) is 0. The molecular formula is C18H23NO. The number of likely N-dealkylation sites (N-methyl/N-ethyl adjacent to an activating group) is 1. The van der Waals surface area contributed by atoms with Gasteiger partial charge in [0.15, 0.2) is 0 Å². The van der Waals surface area contributed by atoms with Crippen molar-refractivity contribution in [3.63, 3.8) is 0 Å². The van der Waals surface area contributed by atoms with Crippen LogP contribution < -0.4 is 5.32 Å². The van der Waals surface area contributed by atoms with Crippen molar-refractivity contribution in [2.24, 2.45) is 0 Å². The smallest absolute Gasteiger partial charge is 0.105 e. The fraction of sp³-hybridized carbons (Fsp3) is 0.444. The number of hydrogen-bond donors (Lipinski definition) is 1. The van der Waals surface area contributed by atoms with E-state index in [1.54, 1.807) is 6.26 Å². The molecule has 20 heavy (non-hydrogen) atoms. The first-order valence-electron chi connectivity index (χ1n) is 7.72. The van der Waals surface area contributed by atoms with Crippen molar-refractivity contribution in [1.29, 1.82) is 0 Å². The minimum Gasteiger partial charge on any atom is -0.469 e. The van der Waals surface area contributed by atoms with Gasteiger partial charge in [-0.15, -0.1) is 0 Å². The summed E-state index contributed by atoms with van der Waals surface area (Å²) in [6.45, 7) is 3.19. The van der Waals surface area contributed by atoms with E-state index < -0.39 is 0 Å². The van der Waals surface area contributed by atoms with Crippen LogP contribution in [0.2, 0.25) is 0 Å². The molecule has 1 aromatic heterocycles. The lowest BCUT2D eigenvalue weighted by Gasteiger charge is -2.32. The minimum absolute atomic E-state index is 0.465. The maximum absolute atomic E-state index is 5.55. The number of nitrogens with one attached hydrogen (secondary N) is 1. The van der Waals surface area contributed by atoms with Gasteiger partial charge < -0.3 is 9.73 Å². The fourth-order valence-corrected chi connectivity index (χ4v) is 3.47. The third-order valence-corrected chi connectivity index (χ3v) is 4.37. The topological polar surface area (TPSA) is 25.2 Å². The first kappa shape index (κ1) is 13.4.